The molecule has 2 N–H and O–H groups in total. The number of hydrogen-bond donors (Lipinski definition) is 2. The van der Waals surface area contributed by atoms with Crippen LogP contribution in [0.4, 0.5) is 13.6 Å². The average Bonchev–Trinajstić information content (AvgIpc) is 3.91. The van der Waals surface area contributed by atoms with Gasteiger partial charge in [-0.15, -0.1) is 10.2 Å². The number of likely N-dealkylation sites (N-methyl/N-ethyl adjacent to an activating group) is 1. The lowest BCUT2D eigenvalue weighted by Crippen LogP contribution is -2.66. The summed E-state index contributed by atoms with van der Waals surface area (Å²) in [5.41, 5.74) is 1.41. The van der Waals surface area contributed by atoms with Gasteiger partial charge >= 0.3 is 6.09 Å². The molecule has 5 aromatic rings. The Kier molecular flexibility index (Phi) is 11.0. The average molecular weight is 815 g/mol. The first-order valence-electron chi connectivity index (χ1n) is 19.2. The zero-order valence-electron chi connectivity index (χ0n) is 32.7. The van der Waals surface area contributed by atoms with Gasteiger partial charge < -0.3 is 39.0 Å². The van der Waals surface area contributed by atoms with Crippen LogP contribution in [0.3, 0.4) is 0 Å². The summed E-state index contributed by atoms with van der Waals surface area (Å²) in [5, 5.41) is 41.1. The number of carbonyl (C=O) groups excluding carboxylic acids is 2. The number of hydrogen-bond acceptors (Lipinski definition) is 12. The van der Waals surface area contributed by atoms with Crippen molar-refractivity contribution in [3.63, 3.8) is 0 Å². The normalized spacial score (nSPS) is 27.2. The summed E-state index contributed by atoms with van der Waals surface area (Å²) >= 11 is 0. The van der Waals surface area contributed by atoms with Gasteiger partial charge in [-0.1, -0.05) is 65.0 Å². The second-order valence-corrected chi connectivity index (χ2v) is 15.9. The van der Waals surface area contributed by atoms with Crippen LogP contribution in [0.5, 0.6) is 0 Å². The summed E-state index contributed by atoms with van der Waals surface area (Å²) in [6.45, 7) is 4.93. The summed E-state index contributed by atoms with van der Waals surface area (Å²) in [5.74, 6) is -1.65. The van der Waals surface area contributed by atoms with Crippen LogP contribution in [0.1, 0.15) is 44.7 Å². The standard InChI is InChI=1S/C41H44F2N8O8/c1-41(2,3)59-40(55)49-20-30(34(52)31(21-49)50-18-28(44-46-50)24-12-8-14-26(42)16-24)48(4)38(54)37-35(53)33(51-19-29(45-47-51)25-13-9-15-27(43)17-25)36-32(57-37)22-56-39(58-36)23-10-6-5-7-11-23/h5-19,30-37,39,52-53H,20-22H2,1-4H3/t30-,31-,32-,33-,34-,35-,36+,37-,39-/m1/s1. The molecule has 59 heavy (non-hydrogen) atoms. The number of ether oxygens (including phenoxy) is 4. The lowest BCUT2D eigenvalue weighted by Gasteiger charge is -2.49. The molecule has 5 heterocycles. The first-order valence-corrected chi connectivity index (χ1v) is 19.2. The van der Waals surface area contributed by atoms with Gasteiger partial charge in [0.2, 0.25) is 0 Å². The Morgan fingerprint density at radius 2 is 1.46 bits per heavy atom. The number of rotatable bonds is 7. The molecule has 0 bridgehead atoms. The molecule has 0 saturated carbocycles. The fraction of sp³-hybridized carbons (Fsp3) is 0.415. The van der Waals surface area contributed by atoms with E-state index in [2.05, 4.69) is 20.6 Å². The SMILES string of the molecule is CN(C(=O)[C@@H]1O[C@@H]2CO[C@@H](c3ccccc3)O[C@@H]2[C@H](n2cc(-c3cccc(F)c3)nn2)[C@H]1O)[C@@H]1CN(C(=O)OC(C)(C)C)C[C@@H](n2cc(-c3cccc(F)c3)nn2)[C@@H]1O. The van der Waals surface area contributed by atoms with Crippen molar-refractivity contribution in [2.24, 2.45) is 0 Å². The maximum absolute atomic E-state index is 14.7. The molecule has 9 atom stereocenters. The van der Waals surface area contributed by atoms with Crippen molar-refractivity contribution in [3.05, 3.63) is 108 Å². The van der Waals surface area contributed by atoms with Crippen molar-refractivity contribution in [1.82, 2.24) is 39.8 Å². The lowest BCUT2D eigenvalue weighted by atomic mass is 9.90. The fourth-order valence-corrected chi connectivity index (χ4v) is 7.75. The van der Waals surface area contributed by atoms with Gasteiger partial charge in [-0.2, -0.15) is 0 Å². The van der Waals surface area contributed by atoms with Gasteiger partial charge in [0.05, 0.1) is 31.1 Å². The van der Waals surface area contributed by atoms with Crippen LogP contribution in [-0.2, 0) is 23.7 Å². The summed E-state index contributed by atoms with van der Waals surface area (Å²) in [6.07, 6.45) is -4.69. The number of piperidine rings is 1. The number of benzene rings is 3. The zero-order valence-corrected chi connectivity index (χ0v) is 32.7. The Labute approximate surface area is 337 Å². The Balaban J connectivity index is 1.10. The van der Waals surface area contributed by atoms with Crippen molar-refractivity contribution < 1.29 is 47.5 Å². The quantitative estimate of drug-likeness (QED) is 0.242. The van der Waals surface area contributed by atoms with E-state index in [1.54, 1.807) is 39.0 Å². The molecule has 0 aliphatic carbocycles. The second-order valence-electron chi connectivity index (χ2n) is 15.9. The molecular weight excluding hydrogens is 770 g/mol. The highest BCUT2D eigenvalue weighted by atomic mass is 19.1. The second kappa shape index (κ2) is 16.2. The van der Waals surface area contributed by atoms with Gasteiger partial charge in [0, 0.05) is 36.8 Å². The maximum Gasteiger partial charge on any atom is 0.410 e. The molecule has 18 heteroatoms. The van der Waals surface area contributed by atoms with Crippen molar-refractivity contribution in [2.45, 2.75) is 81.3 Å². The number of carbonyl (C=O) groups is 2. The van der Waals surface area contributed by atoms with E-state index in [0.29, 0.717) is 22.5 Å². The highest BCUT2D eigenvalue weighted by Crippen LogP contribution is 2.40. The third-order valence-corrected chi connectivity index (χ3v) is 10.7. The van der Waals surface area contributed by atoms with E-state index in [1.165, 1.54) is 68.9 Å². The summed E-state index contributed by atoms with van der Waals surface area (Å²) in [4.78, 5) is 30.9. The minimum atomic E-state index is -1.59. The molecule has 8 rings (SSSR count). The summed E-state index contributed by atoms with van der Waals surface area (Å²) in [6, 6.07) is 17.8. The molecule has 0 radical (unpaired) electrons. The van der Waals surface area contributed by atoms with Gasteiger partial charge in [0.15, 0.2) is 12.4 Å². The van der Waals surface area contributed by atoms with E-state index >= 15 is 0 Å². The molecule has 310 valence electrons. The Hall–Kier alpha value is -5.66. The molecule has 3 aliphatic heterocycles. The smallest absolute Gasteiger partial charge is 0.410 e. The van der Waals surface area contributed by atoms with E-state index in [-0.39, 0.29) is 19.7 Å². The number of aromatic nitrogens is 6. The predicted octanol–water partition coefficient (Wildman–Crippen LogP) is 3.95. The van der Waals surface area contributed by atoms with Crippen LogP contribution in [0, 0.1) is 11.6 Å². The molecule has 3 aromatic carbocycles. The van der Waals surface area contributed by atoms with Crippen LogP contribution in [0.15, 0.2) is 91.3 Å². The largest absolute Gasteiger partial charge is 0.444 e. The van der Waals surface area contributed by atoms with Gasteiger partial charge in [0.25, 0.3) is 5.91 Å². The lowest BCUT2D eigenvalue weighted by molar-refractivity contribution is -0.313. The molecule has 0 unspecified atom stereocenters. The molecule has 3 aliphatic rings. The minimum Gasteiger partial charge on any atom is -0.444 e. The Bertz CT molecular complexity index is 2290. The highest BCUT2D eigenvalue weighted by Gasteiger charge is 2.54. The third-order valence-electron chi connectivity index (χ3n) is 10.7. The molecule has 3 fully saturated rings. The number of likely N-dealkylation sites (tertiary alicyclic amines) is 1. The molecule has 3 saturated heterocycles. The van der Waals surface area contributed by atoms with Crippen LogP contribution < -0.4 is 0 Å². The molecule has 2 amide bonds. The van der Waals surface area contributed by atoms with Crippen LogP contribution in [0.2, 0.25) is 0 Å². The molecular formula is C41H44F2N8O8. The van der Waals surface area contributed by atoms with Crippen molar-refractivity contribution in [3.8, 4) is 22.5 Å². The van der Waals surface area contributed by atoms with E-state index in [4.69, 9.17) is 18.9 Å². The number of halogens is 2. The summed E-state index contributed by atoms with van der Waals surface area (Å²) < 4.78 is 55.6. The Morgan fingerprint density at radius 1 is 0.831 bits per heavy atom. The third kappa shape index (κ3) is 8.31. The number of amides is 2. The van der Waals surface area contributed by atoms with Gasteiger partial charge in [-0.05, 0) is 45.0 Å². The number of aliphatic hydroxyl groups excluding tert-OH is 2. The number of nitrogens with zero attached hydrogens (tertiary/aromatic N) is 8. The fourth-order valence-electron chi connectivity index (χ4n) is 7.75. The minimum absolute atomic E-state index is 0.0209. The topological polar surface area (TPSA) is 179 Å². The highest BCUT2D eigenvalue weighted by molar-refractivity contribution is 5.82. The van der Waals surface area contributed by atoms with Crippen LogP contribution in [0.25, 0.3) is 22.5 Å². The van der Waals surface area contributed by atoms with Crippen LogP contribution in [-0.4, -0.2) is 131 Å². The van der Waals surface area contributed by atoms with Crippen molar-refractivity contribution in [1.29, 1.82) is 0 Å². The first kappa shape index (κ1) is 40.1. The molecule has 16 nitrogen and oxygen atoms in total. The molecule has 2 aromatic heterocycles. The van der Waals surface area contributed by atoms with Crippen molar-refractivity contribution >= 4 is 12.0 Å². The van der Waals surface area contributed by atoms with Crippen molar-refractivity contribution in [2.75, 3.05) is 26.7 Å². The number of fused-ring (bicyclic) bond motifs is 1. The van der Waals surface area contributed by atoms with E-state index in [0.717, 1.165) is 5.56 Å². The van der Waals surface area contributed by atoms with E-state index in [1.807, 2.05) is 30.3 Å². The van der Waals surface area contributed by atoms with Gasteiger partial charge in [0.1, 0.15) is 59.1 Å². The number of aliphatic hydroxyl groups is 2. The summed E-state index contributed by atoms with van der Waals surface area (Å²) in [7, 11) is 1.44. The molecule has 0 spiro atoms. The van der Waals surface area contributed by atoms with E-state index < -0.39 is 84.2 Å². The predicted molar refractivity (Wildman–Crippen MR) is 204 cm³/mol. The monoisotopic (exact) mass is 814 g/mol. The van der Waals surface area contributed by atoms with Gasteiger partial charge in [-0.3, -0.25) is 4.79 Å². The van der Waals surface area contributed by atoms with E-state index in [9.17, 15) is 28.6 Å². The van der Waals surface area contributed by atoms with Gasteiger partial charge in [-0.25, -0.2) is 22.9 Å². The first-order chi connectivity index (χ1) is 28.2. The maximum atomic E-state index is 14.7. The zero-order chi connectivity index (χ0) is 41.6. The Morgan fingerprint density at radius 3 is 2.08 bits per heavy atom. The van der Waals surface area contributed by atoms with Crippen LogP contribution >= 0.6 is 0 Å².